The minimum absolute atomic E-state index is 0.00292. The fourth-order valence-corrected chi connectivity index (χ4v) is 8.81. The molecule has 0 radical (unpaired) electrons. The Bertz CT molecular complexity index is 2700. The molecule has 6 heterocycles. The number of unbranched alkanes of at least 4 members (excludes halogenated alkanes) is 1. The van der Waals surface area contributed by atoms with E-state index in [2.05, 4.69) is 59.6 Å². The number of fused-ring (bicyclic) bond motifs is 2. The highest BCUT2D eigenvalue weighted by Crippen LogP contribution is 2.35. The number of nitrogens with one attached hydrogen (secondary N) is 2. The number of nitrogens with zero attached hydrogens (tertiary/aromatic N) is 9. The van der Waals surface area contributed by atoms with Gasteiger partial charge in [0.1, 0.15) is 41.5 Å². The number of piperazine rings is 1. The molecule has 4 N–H and O–H groups in total. The monoisotopic (exact) mass is 940 g/mol. The standard InChI is InChI=1S/C37H41N11O2.C8H9FO.C6H11NO2/c1-44-22-28-18-30(7-8-31(28)37(44)50)46-16-14-45(15-17-46)21-26-4-9-32(40-20-26)47-12-10-29(11-13-47)48-36-33(35(38)41-23-42-36)34(43-48)27-5-2-25(3-6-27)19-39-24-49;1-6-5-7(9)3-4-8(6)10-2;1-7-6(9)4-2-3-5-8/h2-9,18,20,23-24,29H,10-17,19,21-22H2,1H3,(H,39,49)(H2,38,41,42);3-5H,1-2H3;5H,2-4H2,1H3,(H,7,9). The fraction of sp³-hybridized carbons (Fsp3) is 0.373. The lowest BCUT2D eigenvalue weighted by Gasteiger charge is -2.36. The first kappa shape index (κ1) is 49.4. The zero-order valence-electron chi connectivity index (χ0n) is 39.7. The number of rotatable bonds is 14. The number of aldehydes is 1. The Kier molecular flexibility index (Phi) is 16.8. The minimum atomic E-state index is -0.224. The number of aromatic nitrogens is 5. The number of carbonyl (C=O) groups is 4. The zero-order valence-corrected chi connectivity index (χ0v) is 39.7. The summed E-state index contributed by atoms with van der Waals surface area (Å²) >= 11 is 0. The summed E-state index contributed by atoms with van der Waals surface area (Å²) in [5, 5.41) is 11.0. The Hall–Kier alpha value is -7.47. The van der Waals surface area contributed by atoms with Crippen molar-refractivity contribution < 1.29 is 28.3 Å². The molecule has 3 aromatic carbocycles. The average molecular weight is 941 g/mol. The SMILES string of the molecule is CN1Cc2cc(N3CCN(Cc4ccc(N5CCC(n6nc(-c7ccc(CNC=O)cc7)c7c(N)ncnc76)CC5)nc4)CC3)ccc2C1=O.CNC(=O)CCCC=O.COc1ccc(F)cc1C. The Labute approximate surface area is 401 Å². The lowest BCUT2D eigenvalue weighted by atomic mass is 10.0. The average Bonchev–Trinajstić information content (AvgIpc) is 3.91. The van der Waals surface area contributed by atoms with Gasteiger partial charge in [-0.3, -0.25) is 19.3 Å². The molecule has 0 unspecified atom stereocenters. The third-order valence-corrected chi connectivity index (χ3v) is 12.7. The van der Waals surface area contributed by atoms with E-state index in [-0.39, 0.29) is 23.7 Å². The number of methoxy groups -OCH3 is 1. The largest absolute Gasteiger partial charge is 0.496 e. The van der Waals surface area contributed by atoms with Gasteiger partial charge in [-0.15, -0.1) is 0 Å². The maximum absolute atomic E-state index is 12.4. The Morgan fingerprint density at radius 1 is 0.913 bits per heavy atom. The first-order valence-electron chi connectivity index (χ1n) is 23.2. The van der Waals surface area contributed by atoms with E-state index < -0.39 is 0 Å². The number of nitrogen functional groups attached to an aromatic ring is 1. The number of halogens is 1. The number of nitrogens with two attached hydrogens (primary N) is 1. The summed E-state index contributed by atoms with van der Waals surface area (Å²) in [5.41, 5.74) is 15.0. The number of hydrogen-bond acceptors (Lipinski definition) is 13. The van der Waals surface area contributed by atoms with Crippen molar-refractivity contribution >= 4 is 52.9 Å². The molecule has 6 aromatic rings. The lowest BCUT2D eigenvalue weighted by molar-refractivity contribution is -0.120. The van der Waals surface area contributed by atoms with Gasteiger partial charge in [0, 0.05) is 109 Å². The quantitative estimate of drug-likeness (QED) is 0.0888. The zero-order chi connectivity index (χ0) is 48.9. The van der Waals surface area contributed by atoms with Gasteiger partial charge in [-0.05, 0) is 90.9 Å². The number of anilines is 3. The molecular formula is C51H61FN12O5. The molecule has 3 aliphatic heterocycles. The van der Waals surface area contributed by atoms with Crippen LogP contribution in [0.5, 0.6) is 5.75 Å². The minimum Gasteiger partial charge on any atom is -0.496 e. The molecule has 0 spiro atoms. The van der Waals surface area contributed by atoms with Gasteiger partial charge in [-0.2, -0.15) is 5.10 Å². The Morgan fingerprint density at radius 3 is 2.33 bits per heavy atom. The highest BCUT2D eigenvalue weighted by molar-refractivity contribution is 5.99. The van der Waals surface area contributed by atoms with Gasteiger partial charge in [-0.1, -0.05) is 30.3 Å². The second-order valence-corrected chi connectivity index (χ2v) is 17.3. The van der Waals surface area contributed by atoms with E-state index in [9.17, 15) is 23.6 Å². The summed E-state index contributed by atoms with van der Waals surface area (Å²) in [6, 6.07) is 23.2. The smallest absolute Gasteiger partial charge is 0.254 e. The molecule has 0 aliphatic carbocycles. The molecule has 362 valence electrons. The molecule has 0 saturated carbocycles. The number of carbonyl (C=O) groups excluding carboxylic acids is 4. The topological polar surface area (TPSA) is 197 Å². The van der Waals surface area contributed by atoms with Crippen LogP contribution in [0.4, 0.5) is 21.7 Å². The van der Waals surface area contributed by atoms with Gasteiger partial charge in [0.15, 0.2) is 5.65 Å². The number of benzene rings is 3. The van der Waals surface area contributed by atoms with Crippen LogP contribution in [0.15, 0.2) is 85.3 Å². The normalized spacial score (nSPS) is 14.9. The molecule has 69 heavy (non-hydrogen) atoms. The van der Waals surface area contributed by atoms with Crippen molar-refractivity contribution in [2.24, 2.45) is 0 Å². The van der Waals surface area contributed by atoms with E-state index in [0.29, 0.717) is 44.6 Å². The van der Waals surface area contributed by atoms with Crippen molar-refractivity contribution in [1.82, 2.24) is 45.2 Å². The second kappa shape index (κ2) is 23.5. The van der Waals surface area contributed by atoms with Crippen molar-refractivity contribution in [2.75, 3.05) is 76.0 Å². The number of ether oxygens (including phenoxy) is 1. The van der Waals surface area contributed by atoms with Crippen LogP contribution < -0.4 is 30.9 Å². The van der Waals surface area contributed by atoms with Crippen LogP contribution in [0.2, 0.25) is 0 Å². The molecule has 9 rings (SSSR count). The summed E-state index contributed by atoms with van der Waals surface area (Å²) in [7, 11) is 5.02. The summed E-state index contributed by atoms with van der Waals surface area (Å²) in [6.45, 7) is 9.46. The first-order valence-corrected chi connectivity index (χ1v) is 23.2. The molecular weight excluding hydrogens is 880 g/mol. The molecule has 3 amide bonds. The van der Waals surface area contributed by atoms with Crippen LogP contribution in [0.3, 0.4) is 0 Å². The lowest BCUT2D eigenvalue weighted by Crippen LogP contribution is -2.46. The van der Waals surface area contributed by atoms with Crippen LogP contribution in [0.1, 0.15) is 70.8 Å². The predicted octanol–water partition coefficient (Wildman–Crippen LogP) is 5.71. The summed E-state index contributed by atoms with van der Waals surface area (Å²) < 4.78 is 19.4. The Balaban J connectivity index is 0.000000310. The van der Waals surface area contributed by atoms with Crippen molar-refractivity contribution in [1.29, 1.82) is 0 Å². The van der Waals surface area contributed by atoms with Gasteiger partial charge in [-0.25, -0.2) is 24.0 Å². The van der Waals surface area contributed by atoms with Crippen LogP contribution in [0.25, 0.3) is 22.3 Å². The highest BCUT2D eigenvalue weighted by Gasteiger charge is 2.28. The van der Waals surface area contributed by atoms with Crippen molar-refractivity contribution in [2.45, 2.75) is 64.7 Å². The van der Waals surface area contributed by atoms with Crippen LogP contribution in [-0.4, -0.2) is 120 Å². The number of pyridine rings is 1. The summed E-state index contributed by atoms with van der Waals surface area (Å²) in [5.74, 6) is 2.03. The van der Waals surface area contributed by atoms with Gasteiger partial charge in [0.2, 0.25) is 12.3 Å². The number of amides is 3. The second-order valence-electron chi connectivity index (χ2n) is 17.3. The van der Waals surface area contributed by atoms with Crippen LogP contribution in [-0.2, 0) is 34.0 Å². The van der Waals surface area contributed by atoms with E-state index in [1.54, 1.807) is 25.1 Å². The van der Waals surface area contributed by atoms with E-state index >= 15 is 0 Å². The summed E-state index contributed by atoms with van der Waals surface area (Å²) in [6.07, 6.45) is 8.45. The molecule has 0 atom stereocenters. The highest BCUT2D eigenvalue weighted by atomic mass is 19.1. The van der Waals surface area contributed by atoms with E-state index in [4.69, 9.17) is 20.6 Å². The van der Waals surface area contributed by atoms with Gasteiger partial charge in [0.05, 0.1) is 18.5 Å². The molecule has 0 bridgehead atoms. The van der Waals surface area contributed by atoms with Gasteiger partial charge in [0.25, 0.3) is 5.91 Å². The van der Waals surface area contributed by atoms with Gasteiger partial charge >= 0.3 is 0 Å². The van der Waals surface area contributed by atoms with Crippen molar-refractivity contribution in [3.63, 3.8) is 0 Å². The van der Waals surface area contributed by atoms with Crippen LogP contribution in [0, 0.1) is 12.7 Å². The van der Waals surface area contributed by atoms with Crippen LogP contribution >= 0.6 is 0 Å². The number of aryl methyl sites for hydroxylation is 1. The third kappa shape index (κ3) is 12.4. The molecule has 3 aliphatic rings. The maximum atomic E-state index is 12.4. The van der Waals surface area contributed by atoms with E-state index in [1.807, 2.05) is 55.2 Å². The van der Waals surface area contributed by atoms with Crippen molar-refractivity contribution in [3.05, 3.63) is 119 Å². The maximum Gasteiger partial charge on any atom is 0.254 e. The predicted molar refractivity (Wildman–Crippen MR) is 264 cm³/mol. The molecule has 2 saturated heterocycles. The number of hydrogen-bond donors (Lipinski definition) is 3. The number of piperidine rings is 1. The molecule has 3 aromatic heterocycles. The first-order chi connectivity index (χ1) is 33.5. The third-order valence-electron chi connectivity index (χ3n) is 12.7. The molecule has 2 fully saturated rings. The van der Waals surface area contributed by atoms with E-state index in [0.717, 1.165) is 121 Å². The summed E-state index contributed by atoms with van der Waals surface area (Å²) in [4.78, 5) is 66.0. The Morgan fingerprint density at radius 2 is 1.67 bits per heavy atom. The fourth-order valence-electron chi connectivity index (χ4n) is 8.81. The van der Waals surface area contributed by atoms with E-state index in [1.165, 1.54) is 29.7 Å². The molecule has 17 nitrogen and oxygen atoms in total. The molecule has 18 heteroatoms. The van der Waals surface area contributed by atoms with Crippen molar-refractivity contribution in [3.8, 4) is 17.0 Å². The van der Waals surface area contributed by atoms with Gasteiger partial charge < -0.3 is 40.6 Å².